The van der Waals surface area contributed by atoms with Crippen molar-refractivity contribution in [1.29, 1.82) is 0 Å². The molecule has 0 saturated heterocycles. The van der Waals surface area contributed by atoms with Crippen LogP contribution in [0.2, 0.25) is 10.0 Å². The van der Waals surface area contributed by atoms with Gasteiger partial charge in [-0.1, -0.05) is 30.1 Å². The van der Waals surface area contributed by atoms with Gasteiger partial charge in [-0.3, -0.25) is 0 Å². The molecule has 0 amide bonds. The lowest BCUT2D eigenvalue weighted by Gasteiger charge is -2.12. The summed E-state index contributed by atoms with van der Waals surface area (Å²) in [6, 6.07) is 3.76. The van der Waals surface area contributed by atoms with Gasteiger partial charge in [0.1, 0.15) is 0 Å². The zero-order chi connectivity index (χ0) is 10.3. The first-order valence-corrected chi connectivity index (χ1v) is 6.18. The van der Waals surface area contributed by atoms with E-state index in [1.54, 1.807) is 17.8 Å². The number of nitrogens with two attached hydrogens (primary N) is 1. The van der Waals surface area contributed by atoms with Gasteiger partial charge in [0.25, 0.3) is 0 Å². The fourth-order valence-corrected chi connectivity index (χ4v) is 3.83. The van der Waals surface area contributed by atoms with Crippen molar-refractivity contribution in [2.75, 3.05) is 0 Å². The van der Waals surface area contributed by atoms with Crippen LogP contribution in [0.25, 0.3) is 0 Å². The first-order valence-electron chi connectivity index (χ1n) is 4.54. The Labute approximate surface area is 98.0 Å². The molecule has 1 aliphatic heterocycles. The maximum absolute atomic E-state index is 6.11. The molecule has 1 aromatic carbocycles. The van der Waals surface area contributed by atoms with Crippen LogP contribution in [-0.2, 0) is 0 Å². The Kier molecular flexibility index (Phi) is 2.98. The lowest BCUT2D eigenvalue weighted by Crippen LogP contribution is -2.18. The molecule has 0 saturated carbocycles. The quantitative estimate of drug-likeness (QED) is 0.816. The average molecular weight is 248 g/mol. The summed E-state index contributed by atoms with van der Waals surface area (Å²) in [6.07, 6.45) is 1.05. The second-order valence-corrected chi connectivity index (χ2v) is 5.51. The maximum atomic E-state index is 6.11. The van der Waals surface area contributed by atoms with Crippen LogP contribution in [0.3, 0.4) is 0 Å². The number of thioether (sulfide) groups is 1. The fraction of sp³-hybridized carbons (Fsp3) is 0.400. The predicted molar refractivity (Wildman–Crippen MR) is 63.3 cm³/mol. The zero-order valence-electron chi connectivity index (χ0n) is 7.76. The second kappa shape index (κ2) is 3.93. The molecule has 2 rings (SSSR count). The third kappa shape index (κ3) is 1.65. The van der Waals surface area contributed by atoms with Gasteiger partial charge in [-0.2, -0.15) is 0 Å². The van der Waals surface area contributed by atoms with Crippen molar-refractivity contribution in [2.45, 2.75) is 29.5 Å². The summed E-state index contributed by atoms with van der Waals surface area (Å²) in [5.41, 5.74) is 7.17. The molecule has 0 spiro atoms. The van der Waals surface area contributed by atoms with Crippen molar-refractivity contribution in [1.82, 2.24) is 0 Å². The first kappa shape index (κ1) is 10.6. The number of hydrogen-bond donors (Lipinski definition) is 1. The number of rotatable bonds is 1. The highest BCUT2D eigenvalue weighted by Crippen LogP contribution is 2.48. The number of benzene rings is 1. The van der Waals surface area contributed by atoms with Crippen molar-refractivity contribution >= 4 is 35.0 Å². The summed E-state index contributed by atoms with van der Waals surface area (Å²) in [4.78, 5) is 1.14. The van der Waals surface area contributed by atoms with Crippen LogP contribution in [0.4, 0.5) is 0 Å². The van der Waals surface area contributed by atoms with Gasteiger partial charge in [0.2, 0.25) is 0 Å². The largest absolute Gasteiger partial charge is 0.323 e. The van der Waals surface area contributed by atoms with E-state index in [1.165, 1.54) is 0 Å². The van der Waals surface area contributed by atoms with Crippen LogP contribution in [-0.4, -0.2) is 5.25 Å². The third-order valence-corrected chi connectivity index (χ3v) is 4.52. The fourth-order valence-electron chi connectivity index (χ4n) is 1.74. The lowest BCUT2D eigenvalue weighted by molar-refractivity contribution is 0.667. The van der Waals surface area contributed by atoms with Crippen LogP contribution >= 0.6 is 35.0 Å². The molecule has 76 valence electrons. The summed E-state index contributed by atoms with van der Waals surface area (Å²) in [7, 11) is 0. The minimum Gasteiger partial charge on any atom is -0.323 e. The Morgan fingerprint density at radius 3 is 2.79 bits per heavy atom. The second-order valence-electron chi connectivity index (χ2n) is 3.39. The van der Waals surface area contributed by atoms with Gasteiger partial charge in [-0.05, 0) is 18.6 Å². The highest BCUT2D eigenvalue weighted by Gasteiger charge is 2.31. The molecule has 0 aliphatic carbocycles. The van der Waals surface area contributed by atoms with Gasteiger partial charge >= 0.3 is 0 Å². The van der Waals surface area contributed by atoms with Crippen LogP contribution in [0, 0.1) is 0 Å². The van der Waals surface area contributed by atoms with E-state index in [4.69, 9.17) is 28.9 Å². The molecule has 0 radical (unpaired) electrons. The zero-order valence-corrected chi connectivity index (χ0v) is 10.1. The SMILES string of the molecule is CCC1Sc2cc(Cl)cc(Cl)c2C1N. The van der Waals surface area contributed by atoms with Gasteiger partial charge in [0.05, 0.1) is 0 Å². The van der Waals surface area contributed by atoms with Gasteiger partial charge in [-0.15, -0.1) is 11.8 Å². The van der Waals surface area contributed by atoms with Crippen molar-refractivity contribution in [2.24, 2.45) is 5.73 Å². The van der Waals surface area contributed by atoms with Crippen LogP contribution in [0.15, 0.2) is 17.0 Å². The summed E-state index contributed by atoms with van der Waals surface area (Å²) in [6.45, 7) is 2.14. The predicted octanol–water partition coefficient (Wildman–Crippen LogP) is 3.88. The van der Waals surface area contributed by atoms with E-state index in [0.717, 1.165) is 16.9 Å². The average Bonchev–Trinajstić information content (AvgIpc) is 2.42. The van der Waals surface area contributed by atoms with Crippen molar-refractivity contribution in [3.63, 3.8) is 0 Å². The Hall–Kier alpha value is 0.110. The van der Waals surface area contributed by atoms with Crippen molar-refractivity contribution in [3.05, 3.63) is 27.7 Å². The van der Waals surface area contributed by atoms with E-state index >= 15 is 0 Å². The summed E-state index contributed by atoms with van der Waals surface area (Å²) >= 11 is 13.8. The molecule has 14 heavy (non-hydrogen) atoms. The monoisotopic (exact) mass is 247 g/mol. The van der Waals surface area contributed by atoms with E-state index in [0.29, 0.717) is 15.3 Å². The summed E-state index contributed by atoms with van der Waals surface area (Å²) in [5, 5.41) is 1.81. The molecular weight excluding hydrogens is 237 g/mol. The first-order chi connectivity index (χ1) is 6.63. The normalized spacial score (nSPS) is 25.1. The minimum absolute atomic E-state index is 0.0461. The Morgan fingerprint density at radius 2 is 2.14 bits per heavy atom. The highest BCUT2D eigenvalue weighted by molar-refractivity contribution is 8.00. The summed E-state index contributed by atoms with van der Waals surface area (Å²) in [5.74, 6) is 0. The number of fused-ring (bicyclic) bond motifs is 1. The van der Waals surface area contributed by atoms with Crippen LogP contribution < -0.4 is 5.73 Å². The molecule has 2 atom stereocenters. The smallest absolute Gasteiger partial charge is 0.0480 e. The highest BCUT2D eigenvalue weighted by atomic mass is 35.5. The molecule has 4 heteroatoms. The van der Waals surface area contributed by atoms with Crippen molar-refractivity contribution < 1.29 is 0 Å². The molecule has 1 aliphatic rings. The summed E-state index contributed by atoms with van der Waals surface area (Å²) < 4.78 is 0. The number of halogens is 2. The molecule has 0 fully saturated rings. The molecular formula is C10H11Cl2NS. The van der Waals surface area contributed by atoms with E-state index in [9.17, 15) is 0 Å². The van der Waals surface area contributed by atoms with E-state index in [-0.39, 0.29) is 6.04 Å². The standard InChI is InChI=1S/C10H11Cl2NS/c1-2-7-10(13)9-6(12)3-5(11)4-8(9)14-7/h3-4,7,10H,2,13H2,1H3. The molecule has 2 N–H and O–H groups in total. The Balaban J connectivity index is 2.48. The van der Waals surface area contributed by atoms with E-state index in [1.807, 2.05) is 6.07 Å². The molecule has 1 aromatic rings. The van der Waals surface area contributed by atoms with Gasteiger partial charge in [0, 0.05) is 31.8 Å². The van der Waals surface area contributed by atoms with Gasteiger partial charge in [0.15, 0.2) is 0 Å². The van der Waals surface area contributed by atoms with E-state index < -0.39 is 0 Å². The maximum Gasteiger partial charge on any atom is 0.0480 e. The molecule has 1 nitrogen and oxygen atoms in total. The Morgan fingerprint density at radius 1 is 1.43 bits per heavy atom. The van der Waals surface area contributed by atoms with Gasteiger partial charge < -0.3 is 5.73 Å². The molecule has 0 aromatic heterocycles. The Bertz CT molecular complexity index is 367. The van der Waals surface area contributed by atoms with Gasteiger partial charge in [-0.25, -0.2) is 0 Å². The number of hydrogen-bond acceptors (Lipinski definition) is 2. The minimum atomic E-state index is 0.0461. The molecule has 2 unspecified atom stereocenters. The lowest BCUT2D eigenvalue weighted by atomic mass is 10.0. The van der Waals surface area contributed by atoms with Crippen molar-refractivity contribution in [3.8, 4) is 0 Å². The van der Waals surface area contributed by atoms with Crippen LogP contribution in [0.1, 0.15) is 24.9 Å². The van der Waals surface area contributed by atoms with E-state index in [2.05, 4.69) is 6.92 Å². The van der Waals surface area contributed by atoms with Crippen LogP contribution in [0.5, 0.6) is 0 Å². The topological polar surface area (TPSA) is 26.0 Å². The molecule has 1 heterocycles. The third-order valence-electron chi connectivity index (χ3n) is 2.47. The molecule has 0 bridgehead atoms.